The molecule has 3 rings (SSSR count). The molecule has 1 unspecified atom stereocenters. The van der Waals surface area contributed by atoms with Gasteiger partial charge >= 0.3 is 0 Å². The van der Waals surface area contributed by atoms with Crippen molar-refractivity contribution in [3.05, 3.63) is 42.1 Å². The second-order valence-electron chi connectivity index (χ2n) is 5.52. The van der Waals surface area contributed by atoms with Gasteiger partial charge in [0.2, 0.25) is 0 Å². The minimum Gasteiger partial charge on any atom is -0.377 e. The number of benzene rings is 1. The molecule has 0 amide bonds. The van der Waals surface area contributed by atoms with E-state index in [1.165, 1.54) is 36.8 Å². The monoisotopic (exact) mass is 270 g/mol. The maximum Gasteiger partial charge on any atom is 0.0717 e. The van der Waals surface area contributed by atoms with Crippen LogP contribution in [0.1, 0.15) is 31.2 Å². The topological polar surface area (TPSA) is 34.1 Å². The van der Waals surface area contributed by atoms with Crippen molar-refractivity contribution in [3.63, 3.8) is 0 Å². The largest absolute Gasteiger partial charge is 0.377 e. The zero-order chi connectivity index (χ0) is 13.6. The Morgan fingerprint density at radius 3 is 3.15 bits per heavy atom. The number of fused-ring (bicyclic) bond motifs is 1. The van der Waals surface area contributed by atoms with Gasteiger partial charge in [-0.1, -0.05) is 18.6 Å². The van der Waals surface area contributed by atoms with Crippen LogP contribution < -0.4 is 5.32 Å². The van der Waals surface area contributed by atoms with Gasteiger partial charge in [-0.2, -0.15) is 0 Å². The van der Waals surface area contributed by atoms with E-state index in [2.05, 4.69) is 34.6 Å². The third-order valence-electron chi connectivity index (χ3n) is 3.96. The summed E-state index contributed by atoms with van der Waals surface area (Å²) in [6.45, 7) is 2.70. The first-order valence-corrected chi connectivity index (χ1v) is 7.56. The van der Waals surface area contributed by atoms with E-state index in [0.717, 1.165) is 18.5 Å². The van der Waals surface area contributed by atoms with Crippen molar-refractivity contribution in [1.29, 1.82) is 0 Å². The van der Waals surface area contributed by atoms with Gasteiger partial charge in [0, 0.05) is 24.2 Å². The summed E-state index contributed by atoms with van der Waals surface area (Å²) in [6.07, 6.45) is 6.92. The zero-order valence-corrected chi connectivity index (χ0v) is 11.8. The molecule has 1 aromatic heterocycles. The molecule has 1 aliphatic rings. The number of pyridine rings is 1. The molecule has 20 heavy (non-hydrogen) atoms. The van der Waals surface area contributed by atoms with Crippen molar-refractivity contribution in [3.8, 4) is 0 Å². The molecule has 1 fully saturated rings. The average molecular weight is 270 g/mol. The van der Waals surface area contributed by atoms with Crippen LogP contribution in [0.2, 0.25) is 0 Å². The number of hydrogen-bond acceptors (Lipinski definition) is 3. The van der Waals surface area contributed by atoms with Crippen LogP contribution in [-0.2, 0) is 11.3 Å². The Balaban J connectivity index is 1.47. The molecule has 0 radical (unpaired) electrons. The molecule has 2 heterocycles. The number of hydrogen-bond donors (Lipinski definition) is 1. The number of ether oxygens (including phenoxy) is 1. The SMILES string of the molecule is c1cnc2ccc(COCCC3CCCCN3)cc2c1. The van der Waals surface area contributed by atoms with Crippen LogP contribution in [0.3, 0.4) is 0 Å². The third kappa shape index (κ3) is 3.56. The molecule has 1 atom stereocenters. The molecule has 3 heteroatoms. The average Bonchev–Trinajstić information content (AvgIpc) is 2.52. The van der Waals surface area contributed by atoms with Gasteiger partial charge in [0.05, 0.1) is 12.1 Å². The highest BCUT2D eigenvalue weighted by molar-refractivity contribution is 5.78. The van der Waals surface area contributed by atoms with Gasteiger partial charge in [-0.25, -0.2) is 0 Å². The maximum atomic E-state index is 5.81. The van der Waals surface area contributed by atoms with Gasteiger partial charge < -0.3 is 10.1 Å². The van der Waals surface area contributed by atoms with E-state index in [-0.39, 0.29) is 0 Å². The van der Waals surface area contributed by atoms with E-state index >= 15 is 0 Å². The quantitative estimate of drug-likeness (QED) is 0.847. The lowest BCUT2D eigenvalue weighted by Gasteiger charge is -2.23. The summed E-state index contributed by atoms with van der Waals surface area (Å²) in [5, 5.41) is 4.74. The van der Waals surface area contributed by atoms with Gasteiger partial charge in [0.1, 0.15) is 0 Å². The molecule has 0 spiro atoms. The highest BCUT2D eigenvalue weighted by atomic mass is 16.5. The number of piperidine rings is 1. The molecule has 3 nitrogen and oxygen atoms in total. The van der Waals surface area contributed by atoms with Crippen LogP contribution in [0.15, 0.2) is 36.5 Å². The van der Waals surface area contributed by atoms with E-state index in [1.807, 2.05) is 12.3 Å². The van der Waals surface area contributed by atoms with Crippen LogP contribution in [-0.4, -0.2) is 24.2 Å². The minimum atomic E-state index is 0.657. The van der Waals surface area contributed by atoms with Crippen LogP contribution >= 0.6 is 0 Å². The number of nitrogens with one attached hydrogen (secondary N) is 1. The normalized spacial score (nSPS) is 19.3. The number of aromatic nitrogens is 1. The van der Waals surface area contributed by atoms with E-state index in [0.29, 0.717) is 12.6 Å². The van der Waals surface area contributed by atoms with Crippen LogP contribution in [0.5, 0.6) is 0 Å². The molecule has 1 N–H and O–H groups in total. The summed E-state index contributed by atoms with van der Waals surface area (Å²) in [7, 11) is 0. The number of nitrogens with zero attached hydrogens (tertiary/aromatic N) is 1. The van der Waals surface area contributed by atoms with E-state index in [4.69, 9.17) is 4.74 Å². The van der Waals surface area contributed by atoms with Gasteiger partial charge in [0.15, 0.2) is 0 Å². The summed E-state index contributed by atoms with van der Waals surface area (Å²) in [5.41, 5.74) is 2.27. The lowest BCUT2D eigenvalue weighted by Crippen LogP contribution is -2.34. The summed E-state index contributed by atoms with van der Waals surface area (Å²) in [4.78, 5) is 4.33. The number of rotatable bonds is 5. The van der Waals surface area contributed by atoms with Gasteiger partial charge in [-0.15, -0.1) is 0 Å². The Kier molecular flexibility index (Phi) is 4.61. The fraction of sp³-hybridized carbons (Fsp3) is 0.471. The van der Waals surface area contributed by atoms with Crippen LogP contribution in [0.25, 0.3) is 10.9 Å². The zero-order valence-electron chi connectivity index (χ0n) is 11.8. The fourth-order valence-corrected chi connectivity index (χ4v) is 2.80. The van der Waals surface area contributed by atoms with Gasteiger partial charge in [0.25, 0.3) is 0 Å². The molecular weight excluding hydrogens is 248 g/mol. The van der Waals surface area contributed by atoms with Crippen molar-refractivity contribution in [1.82, 2.24) is 10.3 Å². The summed E-state index contributed by atoms with van der Waals surface area (Å²) < 4.78 is 5.81. The first kappa shape index (κ1) is 13.5. The van der Waals surface area contributed by atoms with E-state index in [9.17, 15) is 0 Å². The molecule has 0 bridgehead atoms. The smallest absolute Gasteiger partial charge is 0.0717 e. The Bertz CT molecular complexity index is 549. The second kappa shape index (κ2) is 6.82. The molecule has 1 aromatic carbocycles. The van der Waals surface area contributed by atoms with Crippen molar-refractivity contribution in [2.75, 3.05) is 13.2 Å². The molecule has 0 aliphatic carbocycles. The molecule has 2 aromatic rings. The van der Waals surface area contributed by atoms with Crippen molar-refractivity contribution in [2.45, 2.75) is 38.3 Å². The Morgan fingerprint density at radius 2 is 2.25 bits per heavy atom. The minimum absolute atomic E-state index is 0.657. The third-order valence-corrected chi connectivity index (χ3v) is 3.96. The van der Waals surface area contributed by atoms with Crippen LogP contribution in [0, 0.1) is 0 Å². The molecule has 1 saturated heterocycles. The Hall–Kier alpha value is -1.45. The first-order chi connectivity index (χ1) is 9.92. The predicted molar refractivity (Wildman–Crippen MR) is 81.7 cm³/mol. The summed E-state index contributed by atoms with van der Waals surface area (Å²) in [6, 6.07) is 11.1. The Morgan fingerprint density at radius 1 is 1.25 bits per heavy atom. The molecule has 106 valence electrons. The van der Waals surface area contributed by atoms with Gasteiger partial charge in [-0.3, -0.25) is 4.98 Å². The molecule has 0 saturated carbocycles. The van der Waals surface area contributed by atoms with Gasteiger partial charge in [-0.05, 0) is 49.6 Å². The lowest BCUT2D eigenvalue weighted by molar-refractivity contribution is 0.108. The fourth-order valence-electron chi connectivity index (χ4n) is 2.80. The molecular formula is C17H22N2O. The van der Waals surface area contributed by atoms with Crippen molar-refractivity contribution in [2.24, 2.45) is 0 Å². The van der Waals surface area contributed by atoms with E-state index < -0.39 is 0 Å². The highest BCUT2D eigenvalue weighted by Gasteiger charge is 2.11. The maximum absolute atomic E-state index is 5.81. The first-order valence-electron chi connectivity index (χ1n) is 7.56. The standard InChI is InChI=1S/C17H22N2O/c1-2-9-18-16(5-1)8-11-20-13-14-6-7-17-15(12-14)4-3-10-19-17/h3-4,6-7,10,12,16,18H,1-2,5,8-9,11,13H2. The predicted octanol–water partition coefficient (Wildman–Crippen LogP) is 3.28. The van der Waals surface area contributed by atoms with Crippen molar-refractivity contribution >= 4 is 10.9 Å². The van der Waals surface area contributed by atoms with Crippen LogP contribution in [0.4, 0.5) is 0 Å². The summed E-state index contributed by atoms with van der Waals surface area (Å²) in [5.74, 6) is 0. The molecule has 1 aliphatic heterocycles. The van der Waals surface area contributed by atoms with Crippen molar-refractivity contribution < 1.29 is 4.74 Å². The highest BCUT2D eigenvalue weighted by Crippen LogP contribution is 2.15. The van der Waals surface area contributed by atoms with E-state index in [1.54, 1.807) is 0 Å². The second-order valence-corrected chi connectivity index (χ2v) is 5.52. The lowest BCUT2D eigenvalue weighted by atomic mass is 10.0. The summed E-state index contributed by atoms with van der Waals surface area (Å²) >= 11 is 0. The Labute approximate surface area is 120 Å².